The first-order valence-corrected chi connectivity index (χ1v) is 8.43. The summed E-state index contributed by atoms with van der Waals surface area (Å²) in [5.41, 5.74) is 0.584. The Balaban J connectivity index is 2.17. The van der Waals surface area contributed by atoms with E-state index in [-0.39, 0.29) is 10.7 Å². The van der Waals surface area contributed by atoms with Crippen LogP contribution in [0.5, 0.6) is 0 Å². The van der Waals surface area contributed by atoms with Crippen LogP contribution in [0.2, 0.25) is 5.02 Å². The van der Waals surface area contributed by atoms with Crippen molar-refractivity contribution in [2.45, 2.75) is 25.0 Å². The fourth-order valence-corrected chi connectivity index (χ4v) is 3.71. The Morgan fingerprint density at radius 3 is 2.89 bits per heavy atom. The van der Waals surface area contributed by atoms with E-state index >= 15 is 0 Å². The lowest BCUT2D eigenvalue weighted by atomic mass is 10.1. The predicted molar refractivity (Wildman–Crippen MR) is 86.2 cm³/mol. The molecular formula is C14H17BrClNOS. The van der Waals surface area contributed by atoms with Crippen LogP contribution in [-0.4, -0.2) is 34.4 Å². The molecule has 2 nitrogen and oxygen atoms in total. The van der Waals surface area contributed by atoms with Crippen molar-refractivity contribution in [2.24, 2.45) is 0 Å². The summed E-state index contributed by atoms with van der Waals surface area (Å²) >= 11 is 11.5. The van der Waals surface area contributed by atoms with Crippen molar-refractivity contribution in [1.29, 1.82) is 0 Å². The van der Waals surface area contributed by atoms with Crippen molar-refractivity contribution in [3.8, 4) is 0 Å². The minimum Gasteiger partial charge on any atom is -0.338 e. The van der Waals surface area contributed by atoms with Gasteiger partial charge in [0.25, 0.3) is 5.91 Å². The van der Waals surface area contributed by atoms with Gasteiger partial charge in [-0.25, -0.2) is 0 Å². The maximum absolute atomic E-state index is 12.5. The van der Waals surface area contributed by atoms with Gasteiger partial charge in [0.2, 0.25) is 0 Å². The largest absolute Gasteiger partial charge is 0.338 e. The molecule has 1 aromatic carbocycles. The van der Waals surface area contributed by atoms with Crippen LogP contribution in [0.1, 0.15) is 30.6 Å². The summed E-state index contributed by atoms with van der Waals surface area (Å²) in [7, 11) is 0. The number of hydrogen-bond donors (Lipinski definition) is 0. The van der Waals surface area contributed by atoms with Crippen LogP contribution in [0, 0.1) is 0 Å². The van der Waals surface area contributed by atoms with Gasteiger partial charge in [-0.1, -0.05) is 41.4 Å². The summed E-state index contributed by atoms with van der Waals surface area (Å²) in [4.78, 5) is 14.5. The molecule has 2 rings (SSSR count). The molecule has 1 aliphatic rings. The van der Waals surface area contributed by atoms with Gasteiger partial charge in [0.1, 0.15) is 0 Å². The van der Waals surface area contributed by atoms with Crippen LogP contribution in [0.15, 0.2) is 22.7 Å². The minimum absolute atomic E-state index is 0.0320. The highest BCUT2D eigenvalue weighted by Gasteiger charge is 2.27. The van der Waals surface area contributed by atoms with Crippen molar-refractivity contribution in [2.75, 3.05) is 18.8 Å². The highest BCUT2D eigenvalue weighted by atomic mass is 79.9. The molecule has 0 saturated carbocycles. The van der Waals surface area contributed by atoms with Crippen LogP contribution in [0.25, 0.3) is 0 Å². The van der Waals surface area contributed by atoms with Gasteiger partial charge in [-0.05, 0) is 24.6 Å². The van der Waals surface area contributed by atoms with Gasteiger partial charge in [0.05, 0.1) is 10.6 Å². The molecule has 1 amide bonds. The molecule has 1 aromatic rings. The van der Waals surface area contributed by atoms with E-state index in [0.717, 1.165) is 29.7 Å². The zero-order chi connectivity index (χ0) is 14.0. The number of carbonyl (C=O) groups is 1. The smallest absolute Gasteiger partial charge is 0.255 e. The first kappa shape index (κ1) is 15.2. The van der Waals surface area contributed by atoms with Gasteiger partial charge in [-0.15, -0.1) is 0 Å². The molecule has 1 aliphatic heterocycles. The Labute approximate surface area is 132 Å². The number of nitrogens with zero attached hydrogens (tertiary/aromatic N) is 1. The highest BCUT2D eigenvalue weighted by Crippen LogP contribution is 2.31. The highest BCUT2D eigenvalue weighted by molar-refractivity contribution is 9.10. The standard InChI is InChI=1S/C14H17BrClNOS/c1-14(2)5-6-17(7-8-19-14)13(18)11-9-10(15)3-4-12(11)16/h3-4,9H,5-8H2,1-2H3. The SMILES string of the molecule is CC1(C)CCN(C(=O)c2cc(Br)ccc2Cl)CCS1. The number of halogens is 2. The average molecular weight is 363 g/mol. The van der Waals surface area contributed by atoms with Gasteiger partial charge in [-0.2, -0.15) is 11.8 Å². The second kappa shape index (κ2) is 6.06. The summed E-state index contributed by atoms with van der Waals surface area (Å²) in [5, 5.41) is 0.518. The summed E-state index contributed by atoms with van der Waals surface area (Å²) < 4.78 is 1.13. The van der Waals surface area contributed by atoms with Crippen molar-refractivity contribution < 1.29 is 4.79 Å². The van der Waals surface area contributed by atoms with Crippen molar-refractivity contribution >= 4 is 45.2 Å². The molecule has 1 saturated heterocycles. The van der Waals surface area contributed by atoms with E-state index in [0.29, 0.717) is 10.6 Å². The fourth-order valence-electron chi connectivity index (χ4n) is 2.06. The van der Waals surface area contributed by atoms with E-state index in [1.807, 2.05) is 22.7 Å². The zero-order valence-electron chi connectivity index (χ0n) is 11.1. The van der Waals surface area contributed by atoms with Gasteiger partial charge in [0.15, 0.2) is 0 Å². The molecule has 1 heterocycles. The molecule has 0 atom stereocenters. The maximum atomic E-state index is 12.5. The summed E-state index contributed by atoms with van der Waals surface area (Å²) in [6.07, 6.45) is 1.01. The van der Waals surface area contributed by atoms with Gasteiger partial charge < -0.3 is 4.90 Å². The van der Waals surface area contributed by atoms with Crippen LogP contribution in [0.4, 0.5) is 0 Å². The van der Waals surface area contributed by atoms with Gasteiger partial charge in [0, 0.05) is 28.1 Å². The van der Waals surface area contributed by atoms with E-state index < -0.39 is 0 Å². The number of benzene rings is 1. The Morgan fingerprint density at radius 2 is 2.16 bits per heavy atom. The molecule has 0 radical (unpaired) electrons. The van der Waals surface area contributed by atoms with E-state index in [1.54, 1.807) is 12.1 Å². The number of thioether (sulfide) groups is 1. The Bertz CT molecular complexity index is 492. The lowest BCUT2D eigenvalue weighted by Crippen LogP contribution is -2.33. The van der Waals surface area contributed by atoms with Crippen LogP contribution >= 0.6 is 39.3 Å². The molecular weight excluding hydrogens is 346 g/mol. The fraction of sp³-hybridized carbons (Fsp3) is 0.500. The number of rotatable bonds is 1. The summed E-state index contributed by atoms with van der Waals surface area (Å²) in [5.74, 6) is 1.01. The molecule has 1 fully saturated rings. The van der Waals surface area contributed by atoms with E-state index in [1.165, 1.54) is 0 Å². The topological polar surface area (TPSA) is 20.3 Å². The molecule has 0 unspecified atom stereocenters. The quantitative estimate of drug-likeness (QED) is 0.735. The second-order valence-corrected chi connectivity index (χ2v) is 8.40. The third-order valence-corrected chi connectivity index (χ3v) is 5.48. The third kappa shape index (κ3) is 3.89. The molecule has 5 heteroatoms. The normalized spacial score (nSPS) is 19.1. The molecule has 0 bridgehead atoms. The second-order valence-electron chi connectivity index (χ2n) is 5.27. The molecule has 19 heavy (non-hydrogen) atoms. The van der Waals surface area contributed by atoms with E-state index in [4.69, 9.17) is 11.6 Å². The lowest BCUT2D eigenvalue weighted by molar-refractivity contribution is 0.0764. The predicted octanol–water partition coefficient (Wildman–Crippen LogP) is 4.46. The molecule has 0 aliphatic carbocycles. The van der Waals surface area contributed by atoms with Gasteiger partial charge in [-0.3, -0.25) is 4.79 Å². The summed E-state index contributed by atoms with van der Waals surface area (Å²) in [6.45, 7) is 6.05. The Hall–Kier alpha value is -0.190. The van der Waals surface area contributed by atoms with E-state index in [9.17, 15) is 4.79 Å². The van der Waals surface area contributed by atoms with Crippen LogP contribution in [0.3, 0.4) is 0 Å². The summed E-state index contributed by atoms with van der Waals surface area (Å²) in [6, 6.07) is 5.41. The lowest BCUT2D eigenvalue weighted by Gasteiger charge is -2.23. The van der Waals surface area contributed by atoms with Crippen LogP contribution in [-0.2, 0) is 0 Å². The van der Waals surface area contributed by atoms with Crippen molar-refractivity contribution in [3.63, 3.8) is 0 Å². The molecule has 0 N–H and O–H groups in total. The monoisotopic (exact) mass is 361 g/mol. The van der Waals surface area contributed by atoms with Gasteiger partial charge >= 0.3 is 0 Å². The van der Waals surface area contributed by atoms with Crippen LogP contribution < -0.4 is 0 Å². The maximum Gasteiger partial charge on any atom is 0.255 e. The molecule has 0 aromatic heterocycles. The Kier molecular flexibility index (Phi) is 4.85. The molecule has 104 valence electrons. The zero-order valence-corrected chi connectivity index (χ0v) is 14.2. The van der Waals surface area contributed by atoms with Crippen molar-refractivity contribution in [3.05, 3.63) is 33.3 Å². The third-order valence-electron chi connectivity index (χ3n) is 3.28. The Morgan fingerprint density at radius 1 is 1.42 bits per heavy atom. The molecule has 0 spiro atoms. The first-order chi connectivity index (χ1) is 8.89. The van der Waals surface area contributed by atoms with Crippen molar-refractivity contribution in [1.82, 2.24) is 4.90 Å². The first-order valence-electron chi connectivity index (χ1n) is 6.27. The average Bonchev–Trinajstić information content (AvgIpc) is 2.52. The number of carbonyl (C=O) groups excluding carboxylic acids is 1. The minimum atomic E-state index is 0.0320. The number of hydrogen-bond acceptors (Lipinski definition) is 2. The number of amides is 1. The van der Waals surface area contributed by atoms with E-state index in [2.05, 4.69) is 29.8 Å².